The Bertz CT molecular complexity index is 1320. The molecule has 0 saturated heterocycles. The number of aromatic nitrogens is 3. The van der Waals surface area contributed by atoms with Crippen LogP contribution in [0.5, 0.6) is 5.75 Å². The summed E-state index contributed by atoms with van der Waals surface area (Å²) in [6.45, 7) is 5.79. The van der Waals surface area contributed by atoms with Gasteiger partial charge < -0.3 is 10.1 Å². The van der Waals surface area contributed by atoms with Crippen molar-refractivity contribution in [3.8, 4) is 5.75 Å². The minimum atomic E-state index is -0.335. The lowest BCUT2D eigenvalue weighted by atomic mass is 9.81. The highest BCUT2D eigenvalue weighted by atomic mass is 16.5. The molecular formula is C25H28N4O4. The molecule has 4 rings (SSSR count). The average molecular weight is 449 g/mol. The number of carbonyl (C=O) groups excluding carboxylic acids is 1. The van der Waals surface area contributed by atoms with E-state index in [1.54, 1.807) is 43.7 Å². The van der Waals surface area contributed by atoms with Crippen molar-refractivity contribution in [2.45, 2.75) is 39.2 Å². The van der Waals surface area contributed by atoms with Gasteiger partial charge >= 0.3 is 5.69 Å². The third-order valence-electron chi connectivity index (χ3n) is 6.48. The molecule has 33 heavy (non-hydrogen) atoms. The molecule has 8 heteroatoms. The van der Waals surface area contributed by atoms with Crippen molar-refractivity contribution in [2.75, 3.05) is 5.32 Å². The second-order valence-electron chi connectivity index (χ2n) is 8.62. The summed E-state index contributed by atoms with van der Waals surface area (Å²) < 4.78 is 8.10. The van der Waals surface area contributed by atoms with Crippen LogP contribution in [0.15, 0.2) is 59.1 Å². The second-order valence-corrected chi connectivity index (χ2v) is 8.62. The molecule has 0 atom stereocenters. The van der Waals surface area contributed by atoms with Gasteiger partial charge in [0, 0.05) is 37.6 Å². The maximum absolute atomic E-state index is 13.1. The number of carbonyl (C=O) groups is 1. The van der Waals surface area contributed by atoms with Gasteiger partial charge in [-0.05, 0) is 68.4 Å². The molecule has 0 radical (unpaired) electrons. The summed E-state index contributed by atoms with van der Waals surface area (Å²) in [6, 6.07) is 6.84. The van der Waals surface area contributed by atoms with Crippen molar-refractivity contribution >= 4 is 22.5 Å². The molecular weight excluding hydrogens is 420 g/mol. The van der Waals surface area contributed by atoms with Gasteiger partial charge in [0.2, 0.25) is 5.91 Å². The van der Waals surface area contributed by atoms with E-state index in [-0.39, 0.29) is 29.0 Å². The van der Waals surface area contributed by atoms with E-state index in [4.69, 9.17) is 4.74 Å². The molecule has 172 valence electrons. The summed E-state index contributed by atoms with van der Waals surface area (Å²) in [5.74, 6) is 0.586. The monoisotopic (exact) mass is 448 g/mol. The number of nitrogens with one attached hydrogen (secondary N) is 1. The van der Waals surface area contributed by atoms with Crippen LogP contribution in [-0.4, -0.2) is 20.0 Å². The van der Waals surface area contributed by atoms with Crippen LogP contribution in [0.1, 0.15) is 31.2 Å². The van der Waals surface area contributed by atoms with Gasteiger partial charge in [0.05, 0.1) is 17.2 Å². The van der Waals surface area contributed by atoms with E-state index in [2.05, 4.69) is 16.9 Å². The third kappa shape index (κ3) is 4.60. The lowest BCUT2D eigenvalue weighted by Crippen LogP contribution is -2.41. The van der Waals surface area contributed by atoms with Crippen molar-refractivity contribution in [3.05, 3.63) is 75.9 Å². The quantitative estimate of drug-likeness (QED) is 0.584. The Labute approximate surface area is 191 Å². The molecule has 1 N–H and O–H groups in total. The highest BCUT2D eigenvalue weighted by Crippen LogP contribution is 2.30. The van der Waals surface area contributed by atoms with Crippen LogP contribution in [-0.2, 0) is 18.4 Å². The van der Waals surface area contributed by atoms with Crippen LogP contribution < -0.4 is 21.3 Å². The lowest BCUT2D eigenvalue weighted by molar-refractivity contribution is -0.121. The van der Waals surface area contributed by atoms with Crippen molar-refractivity contribution < 1.29 is 9.53 Å². The van der Waals surface area contributed by atoms with Gasteiger partial charge in [0.15, 0.2) is 0 Å². The molecule has 1 aliphatic rings. The number of hydrogen-bond acceptors (Lipinski definition) is 5. The minimum Gasteiger partial charge on any atom is -0.466 e. The Kier molecular flexibility index (Phi) is 6.44. The Morgan fingerprint density at radius 2 is 2.00 bits per heavy atom. The molecule has 0 bridgehead atoms. The largest absolute Gasteiger partial charge is 0.466 e. The van der Waals surface area contributed by atoms with Crippen LogP contribution in [0.2, 0.25) is 0 Å². The van der Waals surface area contributed by atoms with Gasteiger partial charge in [-0.3, -0.25) is 23.7 Å². The number of benzene rings is 1. The van der Waals surface area contributed by atoms with Gasteiger partial charge in [-0.15, -0.1) is 0 Å². The van der Waals surface area contributed by atoms with E-state index >= 15 is 0 Å². The van der Waals surface area contributed by atoms with E-state index in [1.807, 2.05) is 6.92 Å². The lowest BCUT2D eigenvalue weighted by Gasteiger charge is -2.28. The zero-order valence-corrected chi connectivity index (χ0v) is 18.9. The Morgan fingerprint density at radius 3 is 2.70 bits per heavy atom. The van der Waals surface area contributed by atoms with Crippen LogP contribution in [0.3, 0.4) is 0 Å². The topological polar surface area (TPSA) is 95.2 Å². The first kappa shape index (κ1) is 22.5. The fourth-order valence-electron chi connectivity index (χ4n) is 4.54. The standard InChI is InChI=1S/C25H28N4O4/c1-4-33-19-9-10-22-20(13-19)24(31)29(25(32)28(22)3)15-17-5-7-18(8-6-17)23(30)27-21-11-12-26-14-16(21)2/h4,9-14,17-18H,1,5-8,15H2,2-3H3,(H,26,27,30). The second kappa shape index (κ2) is 9.44. The number of hydrogen-bond donors (Lipinski definition) is 1. The van der Waals surface area contributed by atoms with Crippen molar-refractivity contribution in [3.63, 3.8) is 0 Å². The van der Waals surface area contributed by atoms with E-state index < -0.39 is 0 Å². The number of pyridine rings is 1. The van der Waals surface area contributed by atoms with Crippen LogP contribution >= 0.6 is 0 Å². The van der Waals surface area contributed by atoms with E-state index in [0.29, 0.717) is 23.2 Å². The highest BCUT2D eigenvalue weighted by Gasteiger charge is 2.27. The zero-order valence-electron chi connectivity index (χ0n) is 18.9. The number of fused-ring (bicyclic) bond motifs is 1. The molecule has 1 aromatic carbocycles. The van der Waals surface area contributed by atoms with Crippen LogP contribution in [0.4, 0.5) is 5.69 Å². The molecule has 1 aliphatic carbocycles. The molecule has 1 amide bonds. The maximum Gasteiger partial charge on any atom is 0.331 e. The molecule has 2 heterocycles. The van der Waals surface area contributed by atoms with E-state index in [9.17, 15) is 14.4 Å². The molecule has 0 aliphatic heterocycles. The summed E-state index contributed by atoms with van der Waals surface area (Å²) in [5.41, 5.74) is 1.61. The van der Waals surface area contributed by atoms with Crippen molar-refractivity contribution in [1.82, 2.24) is 14.1 Å². The predicted molar refractivity (Wildman–Crippen MR) is 127 cm³/mol. The number of rotatable bonds is 6. The smallest absolute Gasteiger partial charge is 0.331 e. The Balaban J connectivity index is 1.48. The Hall–Kier alpha value is -3.68. The predicted octanol–water partition coefficient (Wildman–Crippen LogP) is 3.37. The summed E-state index contributed by atoms with van der Waals surface area (Å²) in [5, 5.41) is 3.43. The summed E-state index contributed by atoms with van der Waals surface area (Å²) in [7, 11) is 1.66. The fourth-order valence-corrected chi connectivity index (χ4v) is 4.54. The number of amides is 1. The van der Waals surface area contributed by atoms with Crippen molar-refractivity contribution in [2.24, 2.45) is 18.9 Å². The molecule has 1 saturated carbocycles. The number of anilines is 1. The molecule has 3 aromatic rings. The number of ether oxygens (including phenoxy) is 1. The molecule has 8 nitrogen and oxygen atoms in total. The van der Waals surface area contributed by atoms with Crippen LogP contribution in [0, 0.1) is 18.8 Å². The average Bonchev–Trinajstić information content (AvgIpc) is 2.82. The minimum absolute atomic E-state index is 0.0104. The molecule has 2 aromatic heterocycles. The van der Waals surface area contributed by atoms with Crippen LogP contribution in [0.25, 0.3) is 10.9 Å². The van der Waals surface area contributed by atoms with E-state index in [0.717, 1.165) is 36.9 Å². The van der Waals surface area contributed by atoms with Gasteiger partial charge in [-0.1, -0.05) is 6.58 Å². The molecule has 0 spiro atoms. The first-order valence-corrected chi connectivity index (χ1v) is 11.1. The normalized spacial score (nSPS) is 18.1. The van der Waals surface area contributed by atoms with E-state index in [1.165, 1.54) is 15.4 Å². The van der Waals surface area contributed by atoms with Gasteiger partial charge in [0.25, 0.3) is 5.56 Å². The van der Waals surface area contributed by atoms with Gasteiger partial charge in [0.1, 0.15) is 5.75 Å². The first-order chi connectivity index (χ1) is 15.9. The van der Waals surface area contributed by atoms with Crippen molar-refractivity contribution in [1.29, 1.82) is 0 Å². The third-order valence-corrected chi connectivity index (χ3v) is 6.48. The molecule has 0 unspecified atom stereocenters. The fraction of sp³-hybridized carbons (Fsp3) is 0.360. The first-order valence-electron chi connectivity index (χ1n) is 11.1. The van der Waals surface area contributed by atoms with Gasteiger partial charge in [-0.25, -0.2) is 4.79 Å². The maximum atomic E-state index is 13.1. The summed E-state index contributed by atoms with van der Waals surface area (Å²) in [4.78, 5) is 42.8. The highest BCUT2D eigenvalue weighted by molar-refractivity contribution is 5.93. The SMILES string of the molecule is C=COc1ccc2c(c1)c(=O)n(CC1CCC(C(=O)Nc3ccncc3C)CC1)c(=O)n2C. The number of aryl methyl sites for hydroxylation is 2. The summed E-state index contributed by atoms with van der Waals surface area (Å²) >= 11 is 0. The zero-order chi connectivity index (χ0) is 23.5. The Morgan fingerprint density at radius 1 is 1.24 bits per heavy atom. The van der Waals surface area contributed by atoms with Gasteiger partial charge in [-0.2, -0.15) is 0 Å². The number of nitrogens with zero attached hydrogens (tertiary/aromatic N) is 3. The summed E-state index contributed by atoms with van der Waals surface area (Å²) in [6.07, 6.45) is 7.68. The molecule has 1 fully saturated rings.